The van der Waals surface area contributed by atoms with Crippen LogP contribution >= 0.6 is 0 Å². The summed E-state index contributed by atoms with van der Waals surface area (Å²) < 4.78 is 15.2. The molecule has 0 aliphatic rings. The Bertz CT molecular complexity index is 997. The average Bonchev–Trinajstić information content (AvgIpc) is 3.22. The number of benzene rings is 3. The molecule has 1 heterocycles. The van der Waals surface area contributed by atoms with Crippen molar-refractivity contribution in [3.8, 4) is 11.1 Å². The Morgan fingerprint density at radius 1 is 0.815 bits per heavy atom. The van der Waals surface area contributed by atoms with Gasteiger partial charge in [0.05, 0.1) is 12.9 Å². The standard InChI is InChI=1S/C23H19FN2O/c24-22-12-10-21(11-13-22)23(27,16-26-15-14-25-17-26)20-8-6-19(7-9-20)18-4-2-1-3-5-18/h1-15,17,27H,16H2. The van der Waals surface area contributed by atoms with E-state index in [4.69, 9.17) is 0 Å². The van der Waals surface area contributed by atoms with Gasteiger partial charge in [0, 0.05) is 12.4 Å². The minimum Gasteiger partial charge on any atom is -0.378 e. The normalized spacial score (nSPS) is 13.3. The Morgan fingerprint density at radius 2 is 1.41 bits per heavy atom. The summed E-state index contributed by atoms with van der Waals surface area (Å²) in [6.07, 6.45) is 5.13. The van der Waals surface area contributed by atoms with E-state index in [1.807, 2.05) is 59.2 Å². The Hall–Kier alpha value is -3.24. The Labute approximate surface area is 157 Å². The SMILES string of the molecule is OC(Cn1ccnc1)(c1ccc(F)cc1)c1ccc(-c2ccccc2)cc1. The summed E-state index contributed by atoms with van der Waals surface area (Å²) in [5.74, 6) is -0.330. The highest BCUT2D eigenvalue weighted by Gasteiger charge is 2.32. The van der Waals surface area contributed by atoms with Gasteiger partial charge in [-0.25, -0.2) is 9.37 Å². The summed E-state index contributed by atoms with van der Waals surface area (Å²) in [5.41, 5.74) is 2.25. The highest BCUT2D eigenvalue weighted by atomic mass is 19.1. The minimum absolute atomic E-state index is 0.281. The molecular formula is C23H19FN2O. The molecule has 1 unspecified atom stereocenters. The fourth-order valence-electron chi connectivity index (χ4n) is 3.29. The molecule has 0 amide bonds. The number of imidazole rings is 1. The zero-order chi connectivity index (χ0) is 18.7. The number of aliphatic hydroxyl groups is 1. The molecule has 0 aliphatic carbocycles. The monoisotopic (exact) mass is 358 g/mol. The zero-order valence-electron chi connectivity index (χ0n) is 14.7. The van der Waals surface area contributed by atoms with Crippen molar-refractivity contribution < 1.29 is 9.50 Å². The third-order valence-electron chi connectivity index (χ3n) is 4.76. The number of halogens is 1. The third-order valence-corrected chi connectivity index (χ3v) is 4.76. The molecule has 1 N–H and O–H groups in total. The van der Waals surface area contributed by atoms with Crippen LogP contribution in [0, 0.1) is 5.82 Å². The lowest BCUT2D eigenvalue weighted by atomic mass is 9.85. The van der Waals surface area contributed by atoms with Gasteiger partial charge in [-0.1, -0.05) is 66.7 Å². The van der Waals surface area contributed by atoms with Crippen LogP contribution in [0.5, 0.6) is 0 Å². The van der Waals surface area contributed by atoms with Crippen LogP contribution < -0.4 is 0 Å². The number of rotatable bonds is 5. The molecule has 0 radical (unpaired) electrons. The second-order valence-electron chi connectivity index (χ2n) is 6.55. The van der Waals surface area contributed by atoms with Gasteiger partial charge in [-0.05, 0) is 34.4 Å². The number of hydrogen-bond acceptors (Lipinski definition) is 2. The maximum atomic E-state index is 13.4. The molecule has 3 nitrogen and oxygen atoms in total. The van der Waals surface area contributed by atoms with E-state index in [-0.39, 0.29) is 12.4 Å². The summed E-state index contributed by atoms with van der Waals surface area (Å²) in [6.45, 7) is 0.281. The number of aromatic nitrogens is 2. The quantitative estimate of drug-likeness (QED) is 0.565. The van der Waals surface area contributed by atoms with E-state index in [0.29, 0.717) is 5.56 Å². The van der Waals surface area contributed by atoms with Gasteiger partial charge >= 0.3 is 0 Å². The molecule has 1 atom stereocenters. The van der Waals surface area contributed by atoms with Gasteiger partial charge in [0.25, 0.3) is 0 Å². The van der Waals surface area contributed by atoms with Crippen LogP contribution in [0.25, 0.3) is 11.1 Å². The molecule has 4 heteroatoms. The van der Waals surface area contributed by atoms with Gasteiger partial charge in [0.2, 0.25) is 0 Å². The molecule has 0 saturated heterocycles. The lowest BCUT2D eigenvalue weighted by Gasteiger charge is -2.30. The van der Waals surface area contributed by atoms with Crippen LogP contribution in [0.4, 0.5) is 4.39 Å². The first-order valence-electron chi connectivity index (χ1n) is 8.75. The van der Waals surface area contributed by atoms with E-state index >= 15 is 0 Å². The van der Waals surface area contributed by atoms with Crippen molar-refractivity contribution in [3.05, 3.63) is 115 Å². The lowest BCUT2D eigenvalue weighted by molar-refractivity contribution is 0.0611. The molecule has 4 rings (SSSR count). The molecule has 0 saturated carbocycles. The molecule has 0 aliphatic heterocycles. The summed E-state index contributed by atoms with van der Waals surface area (Å²) in [4.78, 5) is 4.05. The van der Waals surface area contributed by atoms with E-state index in [9.17, 15) is 9.50 Å². The fourth-order valence-corrected chi connectivity index (χ4v) is 3.29. The lowest BCUT2D eigenvalue weighted by Crippen LogP contribution is -2.32. The molecule has 4 aromatic rings. The fraction of sp³-hybridized carbons (Fsp3) is 0.0870. The summed E-state index contributed by atoms with van der Waals surface area (Å²) in [7, 11) is 0. The van der Waals surface area contributed by atoms with Crippen LogP contribution in [0.2, 0.25) is 0 Å². The first-order valence-corrected chi connectivity index (χ1v) is 8.75. The van der Waals surface area contributed by atoms with Gasteiger partial charge in [-0.2, -0.15) is 0 Å². The summed E-state index contributed by atoms with van der Waals surface area (Å²) in [6, 6.07) is 23.9. The molecule has 27 heavy (non-hydrogen) atoms. The van der Waals surface area contributed by atoms with Crippen molar-refractivity contribution in [3.63, 3.8) is 0 Å². The van der Waals surface area contributed by atoms with Crippen molar-refractivity contribution in [2.24, 2.45) is 0 Å². The zero-order valence-corrected chi connectivity index (χ0v) is 14.7. The van der Waals surface area contributed by atoms with Crippen LogP contribution in [0.15, 0.2) is 97.6 Å². The highest BCUT2D eigenvalue weighted by molar-refractivity contribution is 5.63. The van der Waals surface area contributed by atoms with Crippen LogP contribution in [-0.2, 0) is 12.1 Å². The van der Waals surface area contributed by atoms with E-state index in [1.54, 1.807) is 30.9 Å². The summed E-state index contributed by atoms with van der Waals surface area (Å²) >= 11 is 0. The van der Waals surface area contributed by atoms with Gasteiger partial charge in [0.15, 0.2) is 0 Å². The molecule has 0 spiro atoms. The first-order chi connectivity index (χ1) is 13.1. The number of nitrogens with zero attached hydrogens (tertiary/aromatic N) is 2. The van der Waals surface area contributed by atoms with Crippen molar-refractivity contribution >= 4 is 0 Å². The molecule has 0 fully saturated rings. The number of hydrogen-bond donors (Lipinski definition) is 1. The van der Waals surface area contributed by atoms with Crippen molar-refractivity contribution in [1.29, 1.82) is 0 Å². The Balaban J connectivity index is 1.75. The minimum atomic E-state index is -1.30. The molecule has 0 bridgehead atoms. The molecule has 134 valence electrons. The van der Waals surface area contributed by atoms with E-state index in [0.717, 1.165) is 16.7 Å². The van der Waals surface area contributed by atoms with Gasteiger partial charge in [-0.3, -0.25) is 0 Å². The molecular weight excluding hydrogens is 339 g/mol. The van der Waals surface area contributed by atoms with Crippen molar-refractivity contribution in [2.45, 2.75) is 12.1 Å². The van der Waals surface area contributed by atoms with Gasteiger partial charge in [-0.15, -0.1) is 0 Å². The second kappa shape index (κ2) is 7.17. The molecule has 3 aromatic carbocycles. The highest BCUT2D eigenvalue weighted by Crippen LogP contribution is 2.33. The van der Waals surface area contributed by atoms with Crippen molar-refractivity contribution in [2.75, 3.05) is 0 Å². The Kier molecular flexibility index (Phi) is 4.57. The van der Waals surface area contributed by atoms with E-state index in [2.05, 4.69) is 4.98 Å². The maximum Gasteiger partial charge on any atom is 0.132 e. The average molecular weight is 358 g/mol. The predicted octanol–water partition coefficient (Wildman–Crippen LogP) is 4.63. The van der Waals surface area contributed by atoms with Crippen LogP contribution in [-0.4, -0.2) is 14.7 Å². The smallest absolute Gasteiger partial charge is 0.132 e. The van der Waals surface area contributed by atoms with Crippen molar-refractivity contribution in [1.82, 2.24) is 9.55 Å². The van der Waals surface area contributed by atoms with Crippen LogP contribution in [0.3, 0.4) is 0 Å². The van der Waals surface area contributed by atoms with E-state index < -0.39 is 5.60 Å². The third kappa shape index (κ3) is 3.52. The first kappa shape index (κ1) is 17.2. The molecule has 1 aromatic heterocycles. The predicted molar refractivity (Wildman–Crippen MR) is 104 cm³/mol. The van der Waals surface area contributed by atoms with E-state index in [1.165, 1.54) is 12.1 Å². The maximum absolute atomic E-state index is 13.4. The van der Waals surface area contributed by atoms with Crippen LogP contribution in [0.1, 0.15) is 11.1 Å². The second-order valence-corrected chi connectivity index (χ2v) is 6.55. The summed E-state index contributed by atoms with van der Waals surface area (Å²) in [5, 5.41) is 11.6. The van der Waals surface area contributed by atoms with Gasteiger partial charge < -0.3 is 9.67 Å². The largest absolute Gasteiger partial charge is 0.378 e. The van der Waals surface area contributed by atoms with Gasteiger partial charge in [0.1, 0.15) is 11.4 Å². The Morgan fingerprint density at radius 3 is 2.00 bits per heavy atom. The topological polar surface area (TPSA) is 38.0 Å².